The first-order chi connectivity index (χ1) is 5.16. The Morgan fingerprint density at radius 2 is 2.36 bits per heavy atom. The van der Waals surface area contributed by atoms with E-state index in [1.165, 1.54) is 7.05 Å². The van der Waals surface area contributed by atoms with Crippen molar-refractivity contribution in [3.8, 4) is 0 Å². The third kappa shape index (κ3) is 1.14. The largest absolute Gasteiger partial charge is 0.430 e. The zero-order valence-electron chi connectivity index (χ0n) is 6.01. The number of ether oxygens (including phenoxy) is 1. The van der Waals surface area contributed by atoms with Crippen molar-refractivity contribution < 1.29 is 14.3 Å². The molecule has 1 aliphatic rings. The van der Waals surface area contributed by atoms with E-state index in [-0.39, 0.29) is 17.1 Å². The first-order valence-corrected chi connectivity index (χ1v) is 2.99. The Morgan fingerprint density at radius 3 is 2.73 bits per heavy atom. The Hall–Kier alpha value is -1.58. The lowest BCUT2D eigenvalue weighted by Gasteiger charge is -1.96. The number of carbonyl (C=O) groups excluding carboxylic acids is 2. The fourth-order valence-electron chi connectivity index (χ4n) is 0.690. The summed E-state index contributed by atoms with van der Waals surface area (Å²) in [5.41, 5.74) is 0.293. The van der Waals surface area contributed by atoms with Crippen LogP contribution in [0.5, 0.6) is 0 Å². The van der Waals surface area contributed by atoms with Crippen LogP contribution in [0.1, 0.15) is 0 Å². The minimum Gasteiger partial charge on any atom is -0.430 e. The number of amides is 1. The number of hydrogen-bond acceptors (Lipinski definition) is 3. The molecule has 0 aliphatic carbocycles. The van der Waals surface area contributed by atoms with E-state index < -0.39 is 5.97 Å². The zero-order valence-corrected chi connectivity index (χ0v) is 6.01. The third-order valence-corrected chi connectivity index (χ3v) is 1.33. The summed E-state index contributed by atoms with van der Waals surface area (Å²) in [6.07, 6.45) is 1.10. The summed E-state index contributed by atoms with van der Waals surface area (Å²) >= 11 is 0. The highest BCUT2D eigenvalue weighted by atomic mass is 16.5. The molecule has 0 aromatic rings. The minimum atomic E-state index is -0.566. The Labute approximate surface area is 63.5 Å². The second-order valence-electron chi connectivity index (χ2n) is 1.99. The molecule has 0 fully saturated rings. The average Bonchev–Trinajstić information content (AvgIpc) is 2.32. The van der Waals surface area contributed by atoms with Gasteiger partial charge in [0.25, 0.3) is 5.91 Å². The summed E-state index contributed by atoms with van der Waals surface area (Å²) < 4.78 is 4.44. The molecule has 0 aromatic carbocycles. The minimum absolute atomic E-state index is 0.101. The van der Waals surface area contributed by atoms with Crippen LogP contribution in [0.3, 0.4) is 0 Å². The molecule has 4 heteroatoms. The van der Waals surface area contributed by atoms with Crippen LogP contribution in [-0.2, 0) is 14.3 Å². The molecule has 4 nitrogen and oxygen atoms in total. The zero-order chi connectivity index (χ0) is 8.43. The molecule has 1 amide bonds. The lowest BCUT2D eigenvalue weighted by Crippen LogP contribution is -2.20. The lowest BCUT2D eigenvalue weighted by atomic mass is 10.1. The molecule has 0 bridgehead atoms. The van der Waals surface area contributed by atoms with Gasteiger partial charge in [0.1, 0.15) is 6.26 Å². The highest BCUT2D eigenvalue weighted by Crippen LogP contribution is 2.16. The summed E-state index contributed by atoms with van der Waals surface area (Å²) in [5.74, 6) is -0.926. The first kappa shape index (κ1) is 7.53. The third-order valence-electron chi connectivity index (χ3n) is 1.33. The second-order valence-corrected chi connectivity index (χ2v) is 1.99. The van der Waals surface area contributed by atoms with Crippen LogP contribution in [0.2, 0.25) is 0 Å². The molecule has 0 unspecified atom stereocenters. The van der Waals surface area contributed by atoms with E-state index in [9.17, 15) is 9.59 Å². The fraction of sp³-hybridized carbons (Fsp3) is 0.143. The molecule has 1 heterocycles. The highest BCUT2D eigenvalue weighted by Gasteiger charge is 2.25. The monoisotopic (exact) mass is 153 g/mol. The van der Waals surface area contributed by atoms with Crippen LogP contribution >= 0.6 is 0 Å². The van der Waals surface area contributed by atoms with Gasteiger partial charge in [0.05, 0.1) is 11.1 Å². The van der Waals surface area contributed by atoms with Crippen LogP contribution in [0.4, 0.5) is 0 Å². The number of nitrogens with one attached hydrogen (secondary N) is 1. The summed E-state index contributed by atoms with van der Waals surface area (Å²) in [4.78, 5) is 21.5. The summed E-state index contributed by atoms with van der Waals surface area (Å²) in [7, 11) is 1.47. The normalized spacial score (nSPS) is 15.9. The van der Waals surface area contributed by atoms with Gasteiger partial charge >= 0.3 is 5.97 Å². The van der Waals surface area contributed by atoms with E-state index in [1.54, 1.807) is 0 Å². The lowest BCUT2D eigenvalue weighted by molar-refractivity contribution is -0.132. The Morgan fingerprint density at radius 1 is 1.73 bits per heavy atom. The van der Waals surface area contributed by atoms with Gasteiger partial charge in [0.2, 0.25) is 0 Å². The molecule has 0 saturated carbocycles. The van der Waals surface area contributed by atoms with Crippen LogP contribution in [-0.4, -0.2) is 18.9 Å². The van der Waals surface area contributed by atoms with Crippen molar-refractivity contribution in [1.82, 2.24) is 5.32 Å². The molecule has 0 aromatic heterocycles. The number of esters is 1. The highest BCUT2D eigenvalue weighted by molar-refractivity contribution is 6.10. The van der Waals surface area contributed by atoms with E-state index in [0.717, 1.165) is 6.26 Å². The van der Waals surface area contributed by atoms with E-state index in [0.29, 0.717) is 0 Å². The van der Waals surface area contributed by atoms with Crippen LogP contribution in [0, 0.1) is 0 Å². The van der Waals surface area contributed by atoms with Crippen molar-refractivity contribution in [3.05, 3.63) is 24.0 Å². The predicted octanol–water partition coefficient (Wildman–Crippen LogP) is -0.271. The first-order valence-electron chi connectivity index (χ1n) is 2.99. The van der Waals surface area contributed by atoms with Gasteiger partial charge in [-0.25, -0.2) is 4.79 Å². The predicted molar refractivity (Wildman–Crippen MR) is 37.4 cm³/mol. The molecule has 1 N–H and O–H groups in total. The van der Waals surface area contributed by atoms with E-state index in [4.69, 9.17) is 0 Å². The summed E-state index contributed by atoms with van der Waals surface area (Å²) in [6, 6.07) is 0. The van der Waals surface area contributed by atoms with Gasteiger partial charge in [-0.05, 0) is 0 Å². The Bertz CT molecular complexity index is 265. The van der Waals surface area contributed by atoms with Crippen molar-refractivity contribution in [2.24, 2.45) is 0 Å². The molecule has 0 radical (unpaired) electrons. The molecular formula is C7H7NO3. The molecular weight excluding hydrogens is 146 g/mol. The van der Waals surface area contributed by atoms with E-state index in [1.807, 2.05) is 0 Å². The second kappa shape index (κ2) is 2.57. The van der Waals surface area contributed by atoms with E-state index >= 15 is 0 Å². The van der Waals surface area contributed by atoms with Gasteiger partial charge in [-0.2, -0.15) is 0 Å². The SMILES string of the molecule is C=C1C(=O)OC=C1C(=O)NC. The van der Waals surface area contributed by atoms with Gasteiger partial charge in [0, 0.05) is 7.05 Å². The number of cyclic esters (lactones) is 1. The standard InChI is InChI=1S/C7H7NO3/c1-4-5(6(9)8-2)3-11-7(4)10/h3H,1H2,2H3,(H,8,9). The Kier molecular flexibility index (Phi) is 1.76. The van der Waals surface area contributed by atoms with Crippen LogP contribution in [0.15, 0.2) is 24.0 Å². The number of hydrogen-bond donors (Lipinski definition) is 1. The van der Waals surface area contributed by atoms with Gasteiger partial charge in [-0.1, -0.05) is 6.58 Å². The molecule has 0 saturated heterocycles. The smallest absolute Gasteiger partial charge is 0.343 e. The molecule has 11 heavy (non-hydrogen) atoms. The van der Waals surface area contributed by atoms with E-state index in [2.05, 4.69) is 16.6 Å². The number of rotatable bonds is 1. The van der Waals surface area contributed by atoms with Crippen LogP contribution in [0.25, 0.3) is 0 Å². The van der Waals surface area contributed by atoms with Crippen molar-refractivity contribution in [2.75, 3.05) is 7.05 Å². The van der Waals surface area contributed by atoms with Crippen molar-refractivity contribution in [1.29, 1.82) is 0 Å². The topological polar surface area (TPSA) is 55.4 Å². The van der Waals surface area contributed by atoms with Crippen molar-refractivity contribution in [2.45, 2.75) is 0 Å². The van der Waals surface area contributed by atoms with Crippen molar-refractivity contribution in [3.63, 3.8) is 0 Å². The molecule has 58 valence electrons. The quantitative estimate of drug-likeness (QED) is 0.416. The number of likely N-dealkylation sites (N-methyl/N-ethyl adjacent to an activating group) is 1. The molecule has 1 aliphatic heterocycles. The fourth-order valence-corrected chi connectivity index (χ4v) is 0.690. The maximum Gasteiger partial charge on any atom is 0.343 e. The average molecular weight is 153 g/mol. The summed E-state index contributed by atoms with van der Waals surface area (Å²) in [5, 5.41) is 2.36. The maximum absolute atomic E-state index is 10.9. The van der Waals surface area contributed by atoms with Crippen LogP contribution < -0.4 is 5.32 Å². The molecule has 1 rings (SSSR count). The van der Waals surface area contributed by atoms with Crippen molar-refractivity contribution >= 4 is 11.9 Å². The van der Waals surface area contributed by atoms with Gasteiger partial charge < -0.3 is 10.1 Å². The van der Waals surface area contributed by atoms with Gasteiger partial charge in [-0.3, -0.25) is 4.79 Å². The van der Waals surface area contributed by atoms with Gasteiger partial charge in [-0.15, -0.1) is 0 Å². The van der Waals surface area contributed by atoms with Gasteiger partial charge in [0.15, 0.2) is 0 Å². The molecule has 0 spiro atoms. The summed E-state index contributed by atoms with van der Waals surface area (Å²) in [6.45, 7) is 3.38. The molecule has 0 atom stereocenters. The number of carbonyl (C=O) groups is 2. The maximum atomic E-state index is 10.9. The Balaban J connectivity index is 2.84.